The van der Waals surface area contributed by atoms with Gasteiger partial charge in [0, 0.05) is 36.7 Å². The van der Waals surface area contributed by atoms with Gasteiger partial charge in [0.2, 0.25) is 0 Å². The van der Waals surface area contributed by atoms with Gasteiger partial charge in [0.05, 0.1) is 5.69 Å². The summed E-state index contributed by atoms with van der Waals surface area (Å²) in [6, 6.07) is 7.80. The lowest BCUT2D eigenvalue weighted by atomic mass is 10.2. The molecular formula is C12H12ClN3. The van der Waals surface area contributed by atoms with Crippen LogP contribution < -0.4 is 5.32 Å². The second-order valence-corrected chi connectivity index (χ2v) is 3.80. The molecule has 0 fully saturated rings. The molecule has 0 amide bonds. The minimum atomic E-state index is 0.694. The number of rotatable bonds is 4. The fourth-order valence-electron chi connectivity index (χ4n) is 1.39. The largest absolute Gasteiger partial charge is 0.307 e. The van der Waals surface area contributed by atoms with Crippen molar-refractivity contribution in [3.63, 3.8) is 0 Å². The summed E-state index contributed by atoms with van der Waals surface area (Å²) in [5, 5.41) is 4.06. The third kappa shape index (κ3) is 3.02. The highest BCUT2D eigenvalue weighted by Gasteiger charge is 1.98. The molecule has 0 aliphatic rings. The van der Waals surface area contributed by atoms with Crippen molar-refractivity contribution in [3.05, 3.63) is 59.1 Å². The maximum Gasteiger partial charge on any atom is 0.0724 e. The van der Waals surface area contributed by atoms with Crippen molar-refractivity contribution in [3.8, 4) is 0 Å². The van der Waals surface area contributed by atoms with Crippen LogP contribution in [-0.4, -0.2) is 9.97 Å². The Morgan fingerprint density at radius 2 is 2.00 bits per heavy atom. The molecule has 0 aliphatic carbocycles. The van der Waals surface area contributed by atoms with E-state index < -0.39 is 0 Å². The van der Waals surface area contributed by atoms with E-state index in [0.29, 0.717) is 6.54 Å². The van der Waals surface area contributed by atoms with E-state index in [4.69, 9.17) is 11.6 Å². The smallest absolute Gasteiger partial charge is 0.0724 e. The summed E-state index contributed by atoms with van der Waals surface area (Å²) < 4.78 is 0. The zero-order chi connectivity index (χ0) is 11.2. The van der Waals surface area contributed by atoms with Crippen molar-refractivity contribution < 1.29 is 0 Å². The maximum absolute atomic E-state index is 6.04. The van der Waals surface area contributed by atoms with Gasteiger partial charge in [0.25, 0.3) is 0 Å². The van der Waals surface area contributed by atoms with Gasteiger partial charge in [-0.2, -0.15) is 0 Å². The molecule has 1 N–H and O–H groups in total. The van der Waals surface area contributed by atoms with Crippen LogP contribution in [0, 0.1) is 0 Å². The van der Waals surface area contributed by atoms with Gasteiger partial charge in [-0.05, 0) is 11.6 Å². The fraction of sp³-hybridized carbons (Fsp3) is 0.167. The monoisotopic (exact) mass is 233 g/mol. The lowest BCUT2D eigenvalue weighted by Gasteiger charge is -2.05. The molecule has 0 unspecified atom stereocenters. The van der Waals surface area contributed by atoms with Gasteiger partial charge in [-0.1, -0.05) is 29.8 Å². The highest BCUT2D eigenvalue weighted by Crippen LogP contribution is 2.14. The molecule has 0 saturated heterocycles. The molecule has 82 valence electrons. The van der Waals surface area contributed by atoms with Crippen molar-refractivity contribution in [1.82, 2.24) is 15.3 Å². The second kappa shape index (κ2) is 5.58. The number of hydrogen-bond acceptors (Lipinski definition) is 3. The SMILES string of the molecule is Clc1ccccc1CNCc1cnccn1. The normalized spacial score (nSPS) is 10.3. The molecule has 3 nitrogen and oxygen atoms in total. The van der Waals surface area contributed by atoms with Crippen molar-refractivity contribution in [2.45, 2.75) is 13.1 Å². The molecule has 0 atom stereocenters. The first-order valence-corrected chi connectivity index (χ1v) is 5.43. The van der Waals surface area contributed by atoms with Crippen LogP contribution in [0.1, 0.15) is 11.3 Å². The Bertz CT molecular complexity index is 445. The molecule has 1 aromatic heterocycles. The maximum atomic E-state index is 6.04. The number of nitrogens with one attached hydrogen (secondary N) is 1. The van der Waals surface area contributed by atoms with Crippen LogP contribution >= 0.6 is 11.6 Å². The molecule has 0 bridgehead atoms. The van der Waals surface area contributed by atoms with E-state index in [9.17, 15) is 0 Å². The van der Waals surface area contributed by atoms with Gasteiger partial charge in [0.15, 0.2) is 0 Å². The standard InChI is InChI=1S/C12H12ClN3/c13-12-4-2-1-3-10(12)7-15-9-11-8-14-5-6-16-11/h1-6,8,15H,7,9H2. The molecule has 0 saturated carbocycles. The summed E-state index contributed by atoms with van der Waals surface area (Å²) in [6.07, 6.45) is 5.10. The first-order valence-electron chi connectivity index (χ1n) is 5.05. The van der Waals surface area contributed by atoms with Gasteiger partial charge in [-0.25, -0.2) is 0 Å². The molecular weight excluding hydrogens is 222 g/mol. The minimum Gasteiger partial charge on any atom is -0.307 e. The molecule has 0 spiro atoms. The summed E-state index contributed by atoms with van der Waals surface area (Å²) in [7, 11) is 0. The van der Waals surface area contributed by atoms with E-state index in [1.54, 1.807) is 18.6 Å². The zero-order valence-corrected chi connectivity index (χ0v) is 9.48. The van der Waals surface area contributed by atoms with Crippen LogP contribution in [-0.2, 0) is 13.1 Å². The van der Waals surface area contributed by atoms with Crippen LogP contribution in [0.4, 0.5) is 0 Å². The minimum absolute atomic E-state index is 0.694. The van der Waals surface area contributed by atoms with Crippen LogP contribution in [0.2, 0.25) is 5.02 Å². The summed E-state index contributed by atoms with van der Waals surface area (Å²) >= 11 is 6.04. The topological polar surface area (TPSA) is 37.8 Å². The van der Waals surface area contributed by atoms with E-state index in [1.165, 1.54) is 0 Å². The number of aromatic nitrogens is 2. The molecule has 0 aliphatic heterocycles. The van der Waals surface area contributed by atoms with Crippen molar-refractivity contribution in [2.24, 2.45) is 0 Å². The van der Waals surface area contributed by atoms with E-state index in [1.807, 2.05) is 24.3 Å². The molecule has 1 aromatic carbocycles. The lowest BCUT2D eigenvalue weighted by Crippen LogP contribution is -2.13. The first kappa shape index (κ1) is 11.0. The van der Waals surface area contributed by atoms with Crippen LogP contribution in [0.5, 0.6) is 0 Å². The molecule has 0 radical (unpaired) electrons. The van der Waals surface area contributed by atoms with Crippen LogP contribution in [0.25, 0.3) is 0 Å². The Balaban J connectivity index is 1.87. The Hall–Kier alpha value is -1.45. The Labute approximate surface area is 99.5 Å². The van der Waals surface area contributed by atoms with E-state index in [0.717, 1.165) is 22.8 Å². The Morgan fingerprint density at radius 3 is 2.75 bits per heavy atom. The third-order valence-electron chi connectivity index (χ3n) is 2.20. The Morgan fingerprint density at radius 1 is 1.12 bits per heavy atom. The number of nitrogens with zero attached hydrogens (tertiary/aromatic N) is 2. The van der Waals surface area contributed by atoms with E-state index in [-0.39, 0.29) is 0 Å². The molecule has 2 aromatic rings. The summed E-state index contributed by atoms with van der Waals surface area (Å²) in [5.74, 6) is 0. The number of halogens is 1. The summed E-state index contributed by atoms with van der Waals surface area (Å²) in [5.41, 5.74) is 2.02. The van der Waals surface area contributed by atoms with E-state index in [2.05, 4.69) is 15.3 Å². The summed E-state index contributed by atoms with van der Waals surface area (Å²) in [4.78, 5) is 8.17. The summed E-state index contributed by atoms with van der Waals surface area (Å²) in [6.45, 7) is 1.43. The first-order chi connectivity index (χ1) is 7.86. The highest BCUT2D eigenvalue weighted by atomic mass is 35.5. The highest BCUT2D eigenvalue weighted by molar-refractivity contribution is 6.31. The second-order valence-electron chi connectivity index (χ2n) is 3.39. The predicted octanol–water partition coefficient (Wildman–Crippen LogP) is 2.42. The van der Waals surface area contributed by atoms with Gasteiger partial charge < -0.3 is 5.32 Å². The van der Waals surface area contributed by atoms with Gasteiger partial charge in [-0.3, -0.25) is 9.97 Å². The fourth-order valence-corrected chi connectivity index (χ4v) is 1.59. The van der Waals surface area contributed by atoms with Gasteiger partial charge in [-0.15, -0.1) is 0 Å². The molecule has 4 heteroatoms. The molecule has 1 heterocycles. The zero-order valence-electron chi connectivity index (χ0n) is 8.73. The Kier molecular flexibility index (Phi) is 3.86. The average molecular weight is 234 g/mol. The lowest BCUT2D eigenvalue weighted by molar-refractivity contribution is 0.677. The number of benzene rings is 1. The van der Waals surface area contributed by atoms with Crippen LogP contribution in [0.3, 0.4) is 0 Å². The van der Waals surface area contributed by atoms with Gasteiger partial charge in [0.1, 0.15) is 0 Å². The third-order valence-corrected chi connectivity index (χ3v) is 2.56. The quantitative estimate of drug-likeness (QED) is 0.882. The average Bonchev–Trinajstić information content (AvgIpc) is 2.33. The molecule has 16 heavy (non-hydrogen) atoms. The van der Waals surface area contributed by atoms with Gasteiger partial charge >= 0.3 is 0 Å². The van der Waals surface area contributed by atoms with E-state index >= 15 is 0 Å². The van der Waals surface area contributed by atoms with Crippen molar-refractivity contribution in [1.29, 1.82) is 0 Å². The predicted molar refractivity (Wildman–Crippen MR) is 64.0 cm³/mol. The molecule has 2 rings (SSSR count). The van der Waals surface area contributed by atoms with Crippen LogP contribution in [0.15, 0.2) is 42.9 Å². The van der Waals surface area contributed by atoms with Crippen molar-refractivity contribution >= 4 is 11.6 Å². The number of hydrogen-bond donors (Lipinski definition) is 1. The van der Waals surface area contributed by atoms with Crippen molar-refractivity contribution in [2.75, 3.05) is 0 Å².